The predicted octanol–water partition coefficient (Wildman–Crippen LogP) is 1.03. The summed E-state index contributed by atoms with van der Waals surface area (Å²) in [7, 11) is 1.99. The molecule has 28 heavy (non-hydrogen) atoms. The van der Waals surface area contributed by atoms with Crippen molar-refractivity contribution in [1.82, 2.24) is 15.5 Å². The van der Waals surface area contributed by atoms with Gasteiger partial charge in [0.25, 0.3) is 0 Å². The Bertz CT molecular complexity index is 494. The van der Waals surface area contributed by atoms with Gasteiger partial charge in [-0.1, -0.05) is 40.5 Å². The molecule has 0 saturated carbocycles. The second kappa shape index (κ2) is 12.7. The van der Waals surface area contributed by atoms with Crippen LogP contribution in [0.25, 0.3) is 0 Å². The molecule has 0 radical (unpaired) electrons. The average molecular weight is 417 g/mol. The Morgan fingerprint density at radius 2 is 1.96 bits per heavy atom. The molecule has 4 N–H and O–H groups in total. The van der Waals surface area contributed by atoms with E-state index in [0.717, 1.165) is 19.4 Å². The van der Waals surface area contributed by atoms with Gasteiger partial charge in [-0.3, -0.25) is 9.69 Å². The third-order valence-corrected chi connectivity index (χ3v) is 6.34. The zero-order valence-electron chi connectivity index (χ0n) is 18.1. The number of hydrogen-bond acceptors (Lipinski definition) is 7. The van der Waals surface area contributed by atoms with Gasteiger partial charge in [0, 0.05) is 37.3 Å². The van der Waals surface area contributed by atoms with Gasteiger partial charge in [-0.2, -0.15) is 12.6 Å². The molecule has 6 atom stereocenters. The largest absolute Gasteiger partial charge is 0.464 e. The number of carbonyl (C=O) groups excluding carboxylic acids is 2. The molecular formula is C20H40N4O3S. The summed E-state index contributed by atoms with van der Waals surface area (Å²) in [6.07, 6.45) is 2.46. The number of carbonyl (C=O) groups is 2. The summed E-state index contributed by atoms with van der Waals surface area (Å²) in [5.74, 6) is 0.806. The molecule has 1 rings (SSSR count). The number of esters is 1. The third kappa shape index (κ3) is 7.54. The Morgan fingerprint density at radius 3 is 2.46 bits per heavy atom. The molecule has 0 aromatic rings. The van der Waals surface area contributed by atoms with Crippen molar-refractivity contribution < 1.29 is 14.3 Å². The smallest absolute Gasteiger partial charge is 0.328 e. The number of nitrogens with zero attached hydrogens (tertiary/aromatic N) is 1. The van der Waals surface area contributed by atoms with Crippen molar-refractivity contribution in [3.8, 4) is 0 Å². The van der Waals surface area contributed by atoms with Crippen molar-refractivity contribution in [3.05, 3.63) is 0 Å². The number of thiol groups is 1. The number of nitrogens with two attached hydrogens (primary N) is 1. The van der Waals surface area contributed by atoms with Crippen molar-refractivity contribution in [2.75, 3.05) is 32.5 Å². The molecule has 0 aliphatic carbocycles. The molecule has 7 nitrogen and oxygen atoms in total. The minimum atomic E-state index is -0.524. The van der Waals surface area contributed by atoms with Crippen LogP contribution in [-0.4, -0.2) is 73.4 Å². The molecule has 1 heterocycles. The van der Waals surface area contributed by atoms with Gasteiger partial charge < -0.3 is 21.1 Å². The summed E-state index contributed by atoms with van der Waals surface area (Å²) in [5, 5.41) is 6.46. The van der Waals surface area contributed by atoms with Gasteiger partial charge in [-0.05, 0) is 18.9 Å². The zero-order chi connectivity index (χ0) is 21.3. The Morgan fingerprint density at radius 1 is 1.32 bits per heavy atom. The average Bonchev–Trinajstić information content (AvgIpc) is 3.08. The molecule has 1 aliphatic rings. The molecule has 0 unspecified atom stereocenters. The van der Waals surface area contributed by atoms with Crippen LogP contribution in [0.3, 0.4) is 0 Å². The SMILES string of the molecule is CC[C@@H](C)[C@@H](C(=O)N[C@H]1CCOC1=O)N(C)C[C@@H](NC[C@@H](N)CS)[C@H](C)CC. The minimum Gasteiger partial charge on any atom is -0.464 e. The molecular weight excluding hydrogens is 376 g/mol. The van der Waals surface area contributed by atoms with E-state index in [2.05, 4.69) is 55.9 Å². The van der Waals surface area contributed by atoms with E-state index >= 15 is 0 Å². The third-order valence-electron chi connectivity index (χ3n) is 5.87. The fourth-order valence-electron chi connectivity index (χ4n) is 3.52. The maximum Gasteiger partial charge on any atom is 0.328 e. The number of rotatable bonds is 13. The van der Waals surface area contributed by atoms with Crippen molar-refractivity contribution >= 4 is 24.5 Å². The molecule has 164 valence electrons. The summed E-state index contributed by atoms with van der Waals surface area (Å²) in [6, 6.07) is -0.603. The Kier molecular flexibility index (Phi) is 11.4. The van der Waals surface area contributed by atoms with E-state index in [9.17, 15) is 9.59 Å². The van der Waals surface area contributed by atoms with Crippen molar-refractivity contribution in [3.63, 3.8) is 0 Å². The Labute approximate surface area is 175 Å². The molecule has 0 aromatic heterocycles. The number of cyclic esters (lactones) is 1. The van der Waals surface area contributed by atoms with Gasteiger partial charge in [-0.15, -0.1) is 0 Å². The lowest BCUT2D eigenvalue weighted by Gasteiger charge is -2.36. The standard InChI is InChI=1S/C20H40N4O3S/c1-6-13(3)17(22-10-15(21)12-28)11-24(5)18(14(4)7-2)19(25)23-16-8-9-27-20(16)26/h13-18,22,28H,6-12,21H2,1-5H3,(H,23,25)/t13-,14-,15-,16+,17-,18+/m1/s1. The Hall–Kier alpha value is -0.830. The fraction of sp³-hybridized carbons (Fsp3) is 0.900. The van der Waals surface area contributed by atoms with E-state index in [1.54, 1.807) is 0 Å². The van der Waals surface area contributed by atoms with Crippen LogP contribution in [0.4, 0.5) is 0 Å². The minimum absolute atomic E-state index is 0.00207. The molecule has 1 aliphatic heterocycles. The molecule has 0 spiro atoms. The first kappa shape index (κ1) is 25.2. The van der Waals surface area contributed by atoms with Gasteiger partial charge in [0.1, 0.15) is 6.04 Å². The molecule has 1 fully saturated rings. The number of nitrogens with one attached hydrogen (secondary N) is 2. The fourth-order valence-corrected chi connectivity index (χ4v) is 3.65. The second-order valence-electron chi connectivity index (χ2n) is 8.13. The van der Waals surface area contributed by atoms with Crippen molar-refractivity contribution in [1.29, 1.82) is 0 Å². The molecule has 0 bridgehead atoms. The van der Waals surface area contributed by atoms with Crippen LogP contribution in [0.2, 0.25) is 0 Å². The number of hydrogen-bond donors (Lipinski definition) is 4. The van der Waals surface area contributed by atoms with Crippen LogP contribution in [0.15, 0.2) is 0 Å². The van der Waals surface area contributed by atoms with Gasteiger partial charge >= 0.3 is 5.97 Å². The van der Waals surface area contributed by atoms with Crippen LogP contribution in [0.1, 0.15) is 47.0 Å². The summed E-state index contributed by atoms with van der Waals surface area (Å²) >= 11 is 4.26. The number of likely N-dealkylation sites (N-methyl/N-ethyl adjacent to an activating group) is 1. The lowest BCUT2D eigenvalue weighted by Crippen LogP contribution is -2.56. The maximum atomic E-state index is 13.0. The van der Waals surface area contributed by atoms with E-state index in [4.69, 9.17) is 10.5 Å². The monoisotopic (exact) mass is 416 g/mol. The lowest BCUT2D eigenvalue weighted by molar-refractivity contribution is -0.142. The van der Waals surface area contributed by atoms with Crippen LogP contribution in [-0.2, 0) is 14.3 Å². The van der Waals surface area contributed by atoms with E-state index < -0.39 is 6.04 Å². The molecule has 1 amide bonds. The van der Waals surface area contributed by atoms with Crippen molar-refractivity contribution in [2.45, 2.75) is 71.1 Å². The second-order valence-corrected chi connectivity index (χ2v) is 8.50. The highest BCUT2D eigenvalue weighted by Crippen LogP contribution is 2.18. The first-order chi connectivity index (χ1) is 13.2. The highest BCUT2D eigenvalue weighted by molar-refractivity contribution is 7.80. The summed E-state index contributed by atoms with van der Waals surface area (Å²) in [5.41, 5.74) is 6.02. The van der Waals surface area contributed by atoms with Gasteiger partial charge in [0.05, 0.1) is 12.6 Å². The predicted molar refractivity (Wildman–Crippen MR) is 116 cm³/mol. The maximum absolute atomic E-state index is 13.0. The highest BCUT2D eigenvalue weighted by atomic mass is 32.1. The van der Waals surface area contributed by atoms with Gasteiger partial charge in [0.2, 0.25) is 5.91 Å². The zero-order valence-corrected chi connectivity index (χ0v) is 19.0. The van der Waals surface area contributed by atoms with Crippen LogP contribution >= 0.6 is 12.6 Å². The van der Waals surface area contributed by atoms with E-state index in [0.29, 0.717) is 31.2 Å². The van der Waals surface area contributed by atoms with Crippen molar-refractivity contribution in [2.24, 2.45) is 17.6 Å². The first-order valence-corrected chi connectivity index (χ1v) is 11.1. The van der Waals surface area contributed by atoms with Crippen LogP contribution in [0.5, 0.6) is 0 Å². The number of ether oxygens (including phenoxy) is 1. The lowest BCUT2D eigenvalue weighted by atomic mass is 9.93. The van der Waals surface area contributed by atoms with Gasteiger partial charge in [0.15, 0.2) is 0 Å². The van der Waals surface area contributed by atoms with E-state index in [1.807, 2.05) is 7.05 Å². The van der Waals surface area contributed by atoms with Gasteiger partial charge in [-0.25, -0.2) is 4.79 Å². The normalized spacial score (nSPS) is 22.4. The molecule has 8 heteroatoms. The van der Waals surface area contributed by atoms with E-state index in [1.165, 1.54) is 0 Å². The highest BCUT2D eigenvalue weighted by Gasteiger charge is 2.35. The van der Waals surface area contributed by atoms with E-state index in [-0.39, 0.29) is 35.9 Å². The Balaban J connectivity index is 2.83. The first-order valence-electron chi connectivity index (χ1n) is 10.5. The summed E-state index contributed by atoms with van der Waals surface area (Å²) in [4.78, 5) is 26.9. The topological polar surface area (TPSA) is 96.7 Å². The summed E-state index contributed by atoms with van der Waals surface area (Å²) in [6.45, 7) is 10.3. The molecule has 1 saturated heterocycles. The molecule has 0 aromatic carbocycles. The van der Waals surface area contributed by atoms with Crippen LogP contribution in [0, 0.1) is 11.8 Å². The summed E-state index contributed by atoms with van der Waals surface area (Å²) < 4.78 is 4.97. The quantitative estimate of drug-likeness (QED) is 0.264. The van der Waals surface area contributed by atoms with Crippen LogP contribution < -0.4 is 16.4 Å². The number of amides is 1.